The first-order valence-corrected chi connectivity index (χ1v) is 7.82. The SMILES string of the molecule is CNCCCC1(C)C(=O)N(c2ccccc2)c2ccccc21. The van der Waals surface area contributed by atoms with Crippen LogP contribution in [0.25, 0.3) is 0 Å². The summed E-state index contributed by atoms with van der Waals surface area (Å²) in [4.78, 5) is 15.1. The van der Waals surface area contributed by atoms with Crippen molar-refractivity contribution in [2.75, 3.05) is 18.5 Å². The zero-order valence-corrected chi connectivity index (χ0v) is 13.2. The molecule has 0 saturated heterocycles. The molecule has 3 heteroatoms. The van der Waals surface area contributed by atoms with Crippen molar-refractivity contribution in [3.05, 3.63) is 60.2 Å². The first-order chi connectivity index (χ1) is 10.7. The third kappa shape index (κ3) is 2.32. The Hall–Kier alpha value is -2.13. The summed E-state index contributed by atoms with van der Waals surface area (Å²) in [5, 5.41) is 3.17. The van der Waals surface area contributed by atoms with Crippen LogP contribution in [0.3, 0.4) is 0 Å². The lowest BCUT2D eigenvalue weighted by molar-refractivity contribution is -0.122. The monoisotopic (exact) mass is 294 g/mol. The highest BCUT2D eigenvalue weighted by Crippen LogP contribution is 2.47. The van der Waals surface area contributed by atoms with Gasteiger partial charge in [0.15, 0.2) is 0 Å². The van der Waals surface area contributed by atoms with Gasteiger partial charge in [-0.1, -0.05) is 36.4 Å². The first kappa shape index (κ1) is 14.8. The van der Waals surface area contributed by atoms with Crippen LogP contribution in [0.2, 0.25) is 0 Å². The van der Waals surface area contributed by atoms with Crippen molar-refractivity contribution in [1.29, 1.82) is 0 Å². The Bertz CT molecular complexity index is 668. The standard InChI is InChI=1S/C19H22N2O/c1-19(13-8-14-20-2)16-11-6-7-12-17(16)21(18(19)22)15-9-4-3-5-10-15/h3-7,9-12,20H,8,13-14H2,1-2H3. The van der Waals surface area contributed by atoms with E-state index in [1.54, 1.807) is 0 Å². The van der Waals surface area contributed by atoms with Gasteiger partial charge in [-0.2, -0.15) is 0 Å². The normalized spacial score (nSPS) is 20.3. The minimum atomic E-state index is -0.441. The highest BCUT2D eigenvalue weighted by Gasteiger charge is 2.47. The molecule has 114 valence electrons. The average molecular weight is 294 g/mol. The number of benzene rings is 2. The fourth-order valence-corrected chi connectivity index (χ4v) is 3.30. The molecule has 1 aliphatic heterocycles. The fraction of sp³-hybridized carbons (Fsp3) is 0.316. The number of carbonyl (C=O) groups is 1. The van der Waals surface area contributed by atoms with Crippen LogP contribution in [-0.2, 0) is 10.2 Å². The quantitative estimate of drug-likeness (QED) is 0.854. The molecule has 1 N–H and O–H groups in total. The van der Waals surface area contributed by atoms with E-state index >= 15 is 0 Å². The number of amides is 1. The predicted molar refractivity (Wildman–Crippen MR) is 90.5 cm³/mol. The van der Waals surface area contributed by atoms with E-state index in [-0.39, 0.29) is 5.91 Å². The maximum atomic E-state index is 13.2. The molecule has 0 fully saturated rings. The number of hydrogen-bond donors (Lipinski definition) is 1. The summed E-state index contributed by atoms with van der Waals surface area (Å²) < 4.78 is 0. The van der Waals surface area contributed by atoms with E-state index in [9.17, 15) is 4.79 Å². The van der Waals surface area contributed by atoms with Crippen LogP contribution in [0.1, 0.15) is 25.3 Å². The highest BCUT2D eigenvalue weighted by molar-refractivity contribution is 6.12. The molecule has 1 unspecified atom stereocenters. The van der Waals surface area contributed by atoms with Gasteiger partial charge < -0.3 is 5.32 Å². The number of para-hydroxylation sites is 2. The van der Waals surface area contributed by atoms with Crippen LogP contribution >= 0.6 is 0 Å². The molecule has 0 aromatic heterocycles. The Morgan fingerprint density at radius 2 is 1.73 bits per heavy atom. The minimum Gasteiger partial charge on any atom is -0.320 e. The van der Waals surface area contributed by atoms with Crippen molar-refractivity contribution in [2.24, 2.45) is 0 Å². The number of nitrogens with one attached hydrogen (secondary N) is 1. The van der Waals surface area contributed by atoms with Crippen molar-refractivity contribution < 1.29 is 4.79 Å². The summed E-state index contributed by atoms with van der Waals surface area (Å²) in [5.41, 5.74) is 2.66. The molecule has 0 spiro atoms. The van der Waals surface area contributed by atoms with Gasteiger partial charge in [-0.15, -0.1) is 0 Å². The van der Waals surface area contributed by atoms with Gasteiger partial charge in [-0.3, -0.25) is 9.69 Å². The molecule has 22 heavy (non-hydrogen) atoms. The molecule has 1 heterocycles. The molecule has 1 atom stereocenters. The molecule has 0 aliphatic carbocycles. The third-order valence-electron chi connectivity index (χ3n) is 4.53. The fourth-order valence-electron chi connectivity index (χ4n) is 3.30. The number of rotatable bonds is 5. The van der Waals surface area contributed by atoms with Crippen molar-refractivity contribution in [1.82, 2.24) is 5.32 Å². The van der Waals surface area contributed by atoms with E-state index in [0.717, 1.165) is 36.3 Å². The van der Waals surface area contributed by atoms with Gasteiger partial charge >= 0.3 is 0 Å². The molecule has 0 bridgehead atoms. The van der Waals surface area contributed by atoms with Crippen LogP contribution in [0.15, 0.2) is 54.6 Å². The topological polar surface area (TPSA) is 32.3 Å². The molecular formula is C19H22N2O. The Labute approximate surface area is 132 Å². The number of hydrogen-bond acceptors (Lipinski definition) is 2. The zero-order valence-electron chi connectivity index (χ0n) is 13.2. The molecule has 2 aromatic carbocycles. The molecule has 1 amide bonds. The van der Waals surface area contributed by atoms with Crippen LogP contribution in [0, 0.1) is 0 Å². The second kappa shape index (κ2) is 5.93. The van der Waals surface area contributed by atoms with Gasteiger partial charge in [0.2, 0.25) is 5.91 Å². The van der Waals surface area contributed by atoms with E-state index in [1.807, 2.05) is 60.5 Å². The molecule has 0 radical (unpaired) electrons. The van der Waals surface area contributed by atoms with E-state index in [1.165, 1.54) is 0 Å². The summed E-state index contributed by atoms with van der Waals surface area (Å²) in [6, 6.07) is 18.1. The van der Waals surface area contributed by atoms with Crippen LogP contribution in [0.5, 0.6) is 0 Å². The van der Waals surface area contributed by atoms with Crippen molar-refractivity contribution >= 4 is 17.3 Å². The van der Waals surface area contributed by atoms with Crippen molar-refractivity contribution in [2.45, 2.75) is 25.2 Å². The Kier molecular flexibility index (Phi) is 3.99. The zero-order chi connectivity index (χ0) is 15.6. The second-order valence-electron chi connectivity index (χ2n) is 6.03. The number of nitrogens with zero attached hydrogens (tertiary/aromatic N) is 1. The van der Waals surface area contributed by atoms with Crippen molar-refractivity contribution in [3.8, 4) is 0 Å². The molecule has 0 saturated carbocycles. The van der Waals surface area contributed by atoms with Crippen LogP contribution in [-0.4, -0.2) is 19.5 Å². The number of carbonyl (C=O) groups excluding carboxylic acids is 1. The van der Waals surface area contributed by atoms with Gasteiger partial charge in [-0.25, -0.2) is 0 Å². The average Bonchev–Trinajstić information content (AvgIpc) is 2.77. The predicted octanol–water partition coefficient (Wildman–Crippen LogP) is 3.62. The van der Waals surface area contributed by atoms with Gasteiger partial charge in [0.05, 0.1) is 11.1 Å². The summed E-state index contributed by atoms with van der Waals surface area (Å²) >= 11 is 0. The Morgan fingerprint density at radius 1 is 1.05 bits per heavy atom. The first-order valence-electron chi connectivity index (χ1n) is 7.82. The van der Waals surface area contributed by atoms with Crippen molar-refractivity contribution in [3.63, 3.8) is 0 Å². The van der Waals surface area contributed by atoms with Gasteiger partial charge in [0.1, 0.15) is 0 Å². The highest BCUT2D eigenvalue weighted by atomic mass is 16.2. The largest absolute Gasteiger partial charge is 0.320 e. The number of fused-ring (bicyclic) bond motifs is 1. The van der Waals surface area contributed by atoms with Gasteiger partial charge in [0, 0.05) is 5.69 Å². The summed E-state index contributed by atoms with van der Waals surface area (Å²) in [6.45, 7) is 3.00. The molecular weight excluding hydrogens is 272 g/mol. The molecule has 1 aliphatic rings. The van der Waals surface area contributed by atoms with Gasteiger partial charge in [-0.05, 0) is 57.1 Å². The molecule has 3 rings (SSSR count). The molecule has 3 nitrogen and oxygen atoms in total. The maximum Gasteiger partial charge on any atom is 0.241 e. The number of anilines is 2. The van der Waals surface area contributed by atoms with Crippen LogP contribution < -0.4 is 10.2 Å². The Morgan fingerprint density at radius 3 is 2.45 bits per heavy atom. The lowest BCUT2D eigenvalue weighted by Crippen LogP contribution is -2.36. The lowest BCUT2D eigenvalue weighted by Gasteiger charge is -2.24. The maximum absolute atomic E-state index is 13.2. The smallest absolute Gasteiger partial charge is 0.241 e. The third-order valence-corrected chi connectivity index (χ3v) is 4.53. The summed E-state index contributed by atoms with van der Waals surface area (Å²) in [7, 11) is 1.95. The lowest BCUT2D eigenvalue weighted by atomic mass is 9.79. The van der Waals surface area contributed by atoms with E-state index in [4.69, 9.17) is 0 Å². The van der Waals surface area contributed by atoms with Crippen LogP contribution in [0.4, 0.5) is 11.4 Å². The van der Waals surface area contributed by atoms with Gasteiger partial charge in [0.25, 0.3) is 0 Å². The summed E-state index contributed by atoms with van der Waals surface area (Å²) in [6.07, 6.45) is 1.84. The molecule has 2 aromatic rings. The van der Waals surface area contributed by atoms with E-state index in [0.29, 0.717) is 0 Å². The Balaban J connectivity index is 2.03. The van der Waals surface area contributed by atoms with E-state index in [2.05, 4.69) is 18.3 Å². The summed E-state index contributed by atoms with van der Waals surface area (Å²) in [5.74, 6) is 0.177. The minimum absolute atomic E-state index is 0.177. The van der Waals surface area contributed by atoms with E-state index < -0.39 is 5.41 Å². The second-order valence-corrected chi connectivity index (χ2v) is 6.03.